The molecule has 1 aliphatic heterocycles. The molecule has 146 valence electrons. The van der Waals surface area contributed by atoms with Crippen LogP contribution in [0, 0.1) is 11.2 Å². The number of carbonyl (C=O) groups excluding carboxylic acids is 1. The second-order valence-corrected chi connectivity index (χ2v) is 8.77. The molecule has 0 fully saturated rings. The summed E-state index contributed by atoms with van der Waals surface area (Å²) in [6.45, 7) is 7.76. The van der Waals surface area contributed by atoms with Crippen molar-refractivity contribution in [2.24, 2.45) is 5.41 Å². The Bertz CT molecular complexity index is 1030. The third-order valence-corrected chi connectivity index (χ3v) is 5.19. The fourth-order valence-electron chi connectivity index (χ4n) is 3.92. The van der Waals surface area contributed by atoms with Gasteiger partial charge in [0.2, 0.25) is 5.91 Å². The number of rotatable bonds is 3. The fraction of sp³-hybridized carbons (Fsp3) is 0.348. The highest BCUT2D eigenvalue weighted by molar-refractivity contribution is 6.05. The molecule has 0 unspecified atom stereocenters. The van der Waals surface area contributed by atoms with Gasteiger partial charge in [-0.25, -0.2) is 4.39 Å². The molecule has 2 aromatic carbocycles. The second-order valence-electron chi connectivity index (χ2n) is 8.77. The molecule has 0 bridgehead atoms. The van der Waals surface area contributed by atoms with Gasteiger partial charge in [-0.1, -0.05) is 26.8 Å². The Morgan fingerprint density at radius 3 is 2.79 bits per heavy atom. The van der Waals surface area contributed by atoms with Gasteiger partial charge in [0.15, 0.2) is 0 Å². The monoisotopic (exact) mass is 379 g/mol. The van der Waals surface area contributed by atoms with Crippen molar-refractivity contribution in [3.05, 3.63) is 59.5 Å². The van der Waals surface area contributed by atoms with Crippen molar-refractivity contribution in [3.63, 3.8) is 0 Å². The van der Waals surface area contributed by atoms with E-state index in [0.717, 1.165) is 47.4 Å². The van der Waals surface area contributed by atoms with Gasteiger partial charge in [-0.15, -0.1) is 0 Å². The van der Waals surface area contributed by atoms with Gasteiger partial charge in [0.1, 0.15) is 5.82 Å². The van der Waals surface area contributed by atoms with E-state index in [4.69, 9.17) is 0 Å². The number of halogens is 1. The van der Waals surface area contributed by atoms with E-state index < -0.39 is 0 Å². The molecule has 0 aliphatic carbocycles. The van der Waals surface area contributed by atoms with Gasteiger partial charge >= 0.3 is 0 Å². The molecule has 28 heavy (non-hydrogen) atoms. The topological polar surface area (TPSA) is 48.1 Å². The van der Waals surface area contributed by atoms with Crippen LogP contribution in [0.1, 0.15) is 38.3 Å². The standard InChI is InChI=1S/C23H26FN3O/c1-23(2,3)13-21(28)26-19-6-7-20(18-8-10-25-22(18)19)27-11-9-15-12-17(24)5-4-16(15)14-27/h4-8,10,12,25H,9,11,13-14H2,1-3H3,(H,26,28). The van der Waals surface area contributed by atoms with Gasteiger partial charge in [0.05, 0.1) is 11.2 Å². The van der Waals surface area contributed by atoms with Crippen molar-refractivity contribution in [2.75, 3.05) is 16.8 Å². The molecule has 0 spiro atoms. The third-order valence-electron chi connectivity index (χ3n) is 5.19. The van der Waals surface area contributed by atoms with E-state index in [1.165, 1.54) is 11.6 Å². The number of hydrogen-bond acceptors (Lipinski definition) is 2. The summed E-state index contributed by atoms with van der Waals surface area (Å²) in [7, 11) is 0. The molecule has 4 rings (SSSR count). The van der Waals surface area contributed by atoms with Crippen molar-refractivity contribution in [2.45, 2.75) is 40.2 Å². The summed E-state index contributed by atoms with van der Waals surface area (Å²) in [4.78, 5) is 18.0. The molecule has 4 nitrogen and oxygen atoms in total. The molecule has 5 heteroatoms. The van der Waals surface area contributed by atoms with Crippen LogP contribution in [0.2, 0.25) is 0 Å². The van der Waals surface area contributed by atoms with E-state index in [9.17, 15) is 9.18 Å². The zero-order valence-corrected chi connectivity index (χ0v) is 16.6. The van der Waals surface area contributed by atoms with Gasteiger partial charge in [0, 0.05) is 36.8 Å². The van der Waals surface area contributed by atoms with Crippen molar-refractivity contribution in [1.29, 1.82) is 0 Å². The molecule has 1 amide bonds. The number of aromatic nitrogens is 1. The van der Waals surface area contributed by atoms with Gasteiger partial charge in [-0.05, 0) is 53.3 Å². The normalized spacial score (nSPS) is 14.2. The summed E-state index contributed by atoms with van der Waals surface area (Å²) >= 11 is 0. The fourth-order valence-corrected chi connectivity index (χ4v) is 3.92. The third kappa shape index (κ3) is 3.75. The first kappa shape index (κ1) is 18.5. The number of amides is 1. The van der Waals surface area contributed by atoms with E-state index in [-0.39, 0.29) is 17.1 Å². The first-order chi connectivity index (χ1) is 13.3. The minimum Gasteiger partial charge on any atom is -0.366 e. The molecule has 2 heterocycles. The minimum absolute atomic E-state index is 0.0186. The molecule has 1 aliphatic rings. The van der Waals surface area contributed by atoms with Crippen LogP contribution in [0.5, 0.6) is 0 Å². The summed E-state index contributed by atoms with van der Waals surface area (Å²) in [5.41, 5.74) is 5.06. The van der Waals surface area contributed by atoms with Gasteiger partial charge < -0.3 is 15.2 Å². The summed E-state index contributed by atoms with van der Waals surface area (Å²) < 4.78 is 13.5. The van der Waals surface area contributed by atoms with Crippen LogP contribution in [0.4, 0.5) is 15.8 Å². The molecule has 3 aromatic rings. The number of nitrogens with zero attached hydrogens (tertiary/aromatic N) is 1. The lowest BCUT2D eigenvalue weighted by Crippen LogP contribution is -2.30. The Morgan fingerprint density at radius 1 is 1.18 bits per heavy atom. The van der Waals surface area contributed by atoms with Gasteiger partial charge in [0.25, 0.3) is 0 Å². The van der Waals surface area contributed by atoms with Crippen LogP contribution in [0.3, 0.4) is 0 Å². The lowest BCUT2D eigenvalue weighted by atomic mass is 9.92. The predicted octanol–water partition coefficient (Wildman–Crippen LogP) is 5.24. The molecule has 0 radical (unpaired) electrons. The maximum absolute atomic E-state index is 13.5. The minimum atomic E-state index is -0.171. The molecular weight excluding hydrogens is 353 g/mol. The molecule has 2 N–H and O–H groups in total. The Kier molecular flexibility index (Phi) is 4.61. The number of aromatic amines is 1. The maximum Gasteiger partial charge on any atom is 0.224 e. The maximum atomic E-state index is 13.5. The molecule has 0 saturated carbocycles. The molecule has 0 saturated heterocycles. The first-order valence-corrected chi connectivity index (χ1v) is 9.72. The summed E-state index contributed by atoms with van der Waals surface area (Å²) in [5, 5.41) is 4.13. The van der Waals surface area contributed by atoms with E-state index in [1.807, 2.05) is 24.4 Å². The summed E-state index contributed by atoms with van der Waals surface area (Å²) in [6.07, 6.45) is 3.19. The van der Waals surface area contributed by atoms with Crippen LogP contribution >= 0.6 is 0 Å². The number of hydrogen-bond donors (Lipinski definition) is 2. The van der Waals surface area contributed by atoms with Crippen molar-refractivity contribution in [1.82, 2.24) is 4.98 Å². The van der Waals surface area contributed by atoms with E-state index >= 15 is 0 Å². The Hall–Kier alpha value is -2.82. The molecule has 0 atom stereocenters. The smallest absolute Gasteiger partial charge is 0.224 e. The van der Waals surface area contributed by atoms with Gasteiger partial charge in [-0.2, -0.15) is 0 Å². The van der Waals surface area contributed by atoms with Crippen molar-refractivity contribution in [3.8, 4) is 0 Å². The zero-order chi connectivity index (χ0) is 19.9. The number of benzene rings is 2. The van der Waals surface area contributed by atoms with E-state index in [2.05, 4.69) is 42.0 Å². The highest BCUT2D eigenvalue weighted by atomic mass is 19.1. The average molecular weight is 379 g/mol. The van der Waals surface area contributed by atoms with Crippen molar-refractivity contribution < 1.29 is 9.18 Å². The van der Waals surface area contributed by atoms with E-state index in [0.29, 0.717) is 6.42 Å². The highest BCUT2D eigenvalue weighted by Gasteiger charge is 2.21. The summed E-state index contributed by atoms with van der Waals surface area (Å²) in [5.74, 6) is -0.152. The molecule has 1 aromatic heterocycles. The van der Waals surface area contributed by atoms with Crippen LogP contribution < -0.4 is 10.2 Å². The zero-order valence-electron chi connectivity index (χ0n) is 16.6. The second kappa shape index (κ2) is 6.97. The number of fused-ring (bicyclic) bond motifs is 2. The lowest BCUT2D eigenvalue weighted by Gasteiger charge is -2.31. The van der Waals surface area contributed by atoms with Gasteiger partial charge in [-0.3, -0.25) is 4.79 Å². The average Bonchev–Trinajstić information content (AvgIpc) is 3.10. The van der Waals surface area contributed by atoms with Crippen molar-refractivity contribution >= 4 is 28.2 Å². The Balaban J connectivity index is 1.61. The number of nitrogens with one attached hydrogen (secondary N) is 2. The van der Waals surface area contributed by atoms with Crippen LogP contribution in [0.25, 0.3) is 10.9 Å². The SMILES string of the molecule is CC(C)(C)CC(=O)Nc1ccc(N2CCc3cc(F)ccc3C2)c2cc[nH]c12. The quantitative estimate of drug-likeness (QED) is 0.653. The number of carbonyl (C=O) groups is 1. The Morgan fingerprint density at radius 2 is 2.00 bits per heavy atom. The lowest BCUT2D eigenvalue weighted by molar-refractivity contribution is -0.117. The summed E-state index contributed by atoms with van der Waals surface area (Å²) in [6, 6.07) is 11.1. The predicted molar refractivity (Wildman–Crippen MR) is 112 cm³/mol. The number of H-pyrrole nitrogens is 1. The molecular formula is C23H26FN3O. The Labute approximate surface area is 164 Å². The van der Waals surface area contributed by atoms with Crippen LogP contribution in [-0.2, 0) is 17.8 Å². The highest BCUT2D eigenvalue weighted by Crippen LogP contribution is 2.34. The van der Waals surface area contributed by atoms with Crippen LogP contribution in [0.15, 0.2) is 42.6 Å². The largest absolute Gasteiger partial charge is 0.366 e. The van der Waals surface area contributed by atoms with E-state index in [1.54, 1.807) is 6.07 Å². The number of anilines is 2. The first-order valence-electron chi connectivity index (χ1n) is 9.72. The van der Waals surface area contributed by atoms with Crippen LogP contribution in [-0.4, -0.2) is 17.4 Å².